The number of piperidine rings is 2. The van der Waals surface area contributed by atoms with Gasteiger partial charge in [0.25, 0.3) is 22.1 Å². The maximum absolute atomic E-state index is 11.8. The summed E-state index contributed by atoms with van der Waals surface area (Å²) in [4.78, 5) is 98.5. The summed E-state index contributed by atoms with van der Waals surface area (Å²) in [6.07, 6.45) is 18.0. The molecule has 88 heavy (non-hydrogen) atoms. The molecule has 0 unspecified atom stereocenters. The number of aliphatic hydroxyl groups excluding tert-OH is 1. The number of benzene rings is 1. The van der Waals surface area contributed by atoms with Crippen molar-refractivity contribution < 1.29 is 107 Å². The number of hydrogen-bond donors (Lipinski definition) is 10. The van der Waals surface area contributed by atoms with Gasteiger partial charge in [0.1, 0.15) is 0 Å². The summed E-state index contributed by atoms with van der Waals surface area (Å²) in [5, 5.41) is 44.6. The number of nitrogens with one attached hydrogen (secondary N) is 7. The van der Waals surface area contributed by atoms with Gasteiger partial charge in [-0.25, -0.2) is 0 Å². The van der Waals surface area contributed by atoms with Crippen LogP contribution in [0.2, 0.25) is 0 Å². The van der Waals surface area contributed by atoms with Crippen molar-refractivity contribution >= 4 is 79.3 Å². The predicted octanol–water partition coefficient (Wildman–Crippen LogP) is -0.793. The Kier molecular flexibility index (Phi) is 48.6. The molecule has 9 saturated heterocycles. The standard InChI is InChI=1S/C12H15NO4S.C11H20N2O.C10H18N2O.C6H11NO.C5H8BrNO.C5H9NO2.C5H9NO.2C2H4O2.2CH4.BrH.Li/c1-9-2-5-11(6-3-9)18(15,16)17-8-10-4-7-12(14)13-10;1-2-9-3-4-11(14)13(9)10-5-7-12-8-6-10;1-8-2-3-10(13)12(8)9-4-6-11-7-5-9;1-2-5-3-4-6(8)7-5;6-3-4-1-2-5(8)7-4;7-3-4-1-2-5(8)6-4;1-4-2-3-5(7)6-4;2*1-2(3)4;;;;/h2-3,5-6,10H,4,7-8H2,1H3,(H,13,14);9-10,12H,2-8H2,1H3;8-9,11H,2-7H2,1H3;5H,2-4H2,1H3,(H,7,8);4H,1-3H2,(H,7,8);4,7H,1-3H2,(H,6,8);4H,2-3H2,1H3,(H,6,7);2*1H3,(H,3,4);2*1H4;1H;/q;;;;;;;;;;;;+1/p-1/t10-;9-;8-;5-;3*4-;;;;;;/m0111001....../s1. The average molecular weight is 1390 g/mol. The Morgan fingerprint density at radius 1 is 0.568 bits per heavy atom. The Bertz CT molecular complexity index is 2260. The molecular formula is C60H106Br2LiN9O15S. The van der Waals surface area contributed by atoms with E-state index < -0.39 is 22.1 Å². The van der Waals surface area contributed by atoms with Crippen molar-refractivity contribution in [2.24, 2.45) is 0 Å². The van der Waals surface area contributed by atoms with E-state index in [9.17, 15) is 42.0 Å². The summed E-state index contributed by atoms with van der Waals surface area (Å²) in [6.45, 7) is 16.9. The predicted molar refractivity (Wildman–Crippen MR) is 335 cm³/mol. The molecule has 502 valence electrons. The monoisotopic (exact) mass is 1390 g/mol. The number of aryl methyl sites for hydroxylation is 1. The average Bonchev–Trinajstić information content (AvgIpc) is 3.42. The smallest absolute Gasteiger partial charge is 1.00 e. The van der Waals surface area contributed by atoms with Gasteiger partial charge in [-0.2, -0.15) is 8.42 Å². The third kappa shape index (κ3) is 36.6. The van der Waals surface area contributed by atoms with Crippen LogP contribution in [-0.4, -0.2) is 186 Å². The first-order valence-electron chi connectivity index (χ1n) is 29.8. The number of likely N-dealkylation sites (tertiary alicyclic amines) is 2. The van der Waals surface area contributed by atoms with Gasteiger partial charge >= 0.3 is 18.9 Å². The molecule has 10 rings (SSSR count). The first-order chi connectivity index (χ1) is 39.8. The normalized spacial score (nSPS) is 24.1. The summed E-state index contributed by atoms with van der Waals surface area (Å²) in [7, 11) is -3.73. The van der Waals surface area contributed by atoms with E-state index in [0.29, 0.717) is 79.8 Å². The number of carbonyl (C=O) groups is 9. The van der Waals surface area contributed by atoms with Crippen LogP contribution in [0, 0.1) is 6.92 Å². The molecule has 9 aliphatic rings. The fourth-order valence-electron chi connectivity index (χ4n) is 10.3. The SMILES string of the molecule is C.C.CC(=O)O.CC(=O)O.CC[C@@H]1CCC(=O)N1.CC[C@@H]1CCC(=O)N1C1CCNCC1.C[C@@H]1CCC(=O)N1.C[C@@H]1CCC(=O)N1C1CCNCC1.Cc1ccc(S(=O)(=O)OC[C@@H]2CCC(=O)N2)cc1.O=C1CC[C@@H](CBr)N1.O=C1CC[C@@H](CO)N1.[Br-].[Li+]. The van der Waals surface area contributed by atoms with Crippen molar-refractivity contribution in [3.8, 4) is 0 Å². The van der Waals surface area contributed by atoms with E-state index in [-0.39, 0.29) is 110 Å². The second-order valence-corrected chi connectivity index (χ2v) is 24.4. The number of carbonyl (C=O) groups excluding carboxylic acids is 7. The molecule has 10 N–H and O–H groups in total. The quantitative estimate of drug-likeness (QED) is 0.0779. The van der Waals surface area contributed by atoms with Crippen LogP contribution in [0.1, 0.15) is 190 Å². The molecule has 24 nitrogen and oxygen atoms in total. The Morgan fingerprint density at radius 2 is 0.955 bits per heavy atom. The van der Waals surface area contributed by atoms with E-state index in [1.165, 1.54) is 12.1 Å². The molecule has 0 spiro atoms. The molecule has 0 saturated carbocycles. The van der Waals surface area contributed by atoms with Gasteiger partial charge in [-0.1, -0.05) is 62.3 Å². The summed E-state index contributed by atoms with van der Waals surface area (Å²) in [5.41, 5.74) is 0.983. The number of halogens is 2. The number of alkyl halides is 1. The number of nitrogens with zero attached hydrogens (tertiary/aromatic N) is 2. The van der Waals surface area contributed by atoms with Crippen molar-refractivity contribution in [3.63, 3.8) is 0 Å². The van der Waals surface area contributed by atoms with Crippen molar-refractivity contribution in [1.82, 2.24) is 47.0 Å². The van der Waals surface area contributed by atoms with Crippen LogP contribution in [0.3, 0.4) is 0 Å². The van der Waals surface area contributed by atoms with Crippen LogP contribution in [0.15, 0.2) is 29.2 Å². The van der Waals surface area contributed by atoms with E-state index in [2.05, 4.69) is 83.7 Å². The minimum absolute atomic E-state index is 0. The number of rotatable bonds is 10. The summed E-state index contributed by atoms with van der Waals surface area (Å²) in [6, 6.07) is 9.62. The number of hydrogen-bond acceptors (Lipinski definition) is 15. The van der Waals surface area contributed by atoms with Crippen molar-refractivity contribution in [2.45, 2.75) is 251 Å². The van der Waals surface area contributed by atoms with E-state index >= 15 is 0 Å². The number of amides is 7. The van der Waals surface area contributed by atoms with Gasteiger partial charge in [0, 0.05) is 106 Å². The van der Waals surface area contributed by atoms with E-state index in [0.717, 1.165) is 154 Å². The first-order valence-corrected chi connectivity index (χ1v) is 32.4. The minimum atomic E-state index is -3.73. The number of carboxylic acids is 2. The van der Waals surface area contributed by atoms with Gasteiger partial charge in [0.2, 0.25) is 41.4 Å². The van der Waals surface area contributed by atoms with Crippen LogP contribution in [0.5, 0.6) is 0 Å². The minimum Gasteiger partial charge on any atom is -1.00 e. The molecule has 0 aliphatic carbocycles. The molecule has 28 heteroatoms. The Labute approximate surface area is 555 Å². The van der Waals surface area contributed by atoms with Gasteiger partial charge < -0.3 is 79.3 Å². The third-order valence-electron chi connectivity index (χ3n) is 15.0. The fraction of sp³-hybridized carbons (Fsp3) is 0.750. The second kappa shape index (κ2) is 48.6. The maximum Gasteiger partial charge on any atom is 1.00 e. The first kappa shape index (κ1) is 88.0. The Balaban J connectivity index is -0.000000951. The zero-order chi connectivity index (χ0) is 62.8. The zero-order valence-corrected chi connectivity index (χ0v) is 55.9. The van der Waals surface area contributed by atoms with Crippen molar-refractivity contribution in [1.29, 1.82) is 0 Å². The molecule has 7 amide bonds. The van der Waals surface area contributed by atoms with Gasteiger partial charge in [-0.15, -0.1) is 0 Å². The Hall–Kier alpha value is -4.20. The van der Waals surface area contributed by atoms with Crippen LogP contribution < -0.4 is 73.1 Å². The number of aliphatic carboxylic acids is 2. The largest absolute Gasteiger partial charge is 1.00 e. The van der Waals surface area contributed by atoms with Gasteiger partial charge in [-0.05, 0) is 143 Å². The topological polar surface area (TPSA) is 348 Å². The van der Waals surface area contributed by atoms with Crippen LogP contribution in [-0.2, 0) is 57.5 Å². The van der Waals surface area contributed by atoms with Crippen LogP contribution >= 0.6 is 15.9 Å². The van der Waals surface area contributed by atoms with Crippen molar-refractivity contribution in [3.05, 3.63) is 29.8 Å². The number of carboxylic acid groups (broad SMARTS) is 2. The third-order valence-corrected chi connectivity index (χ3v) is 17.0. The van der Waals surface area contributed by atoms with Crippen LogP contribution in [0.25, 0.3) is 0 Å². The molecule has 0 radical (unpaired) electrons. The molecule has 7 atom stereocenters. The molecule has 0 aromatic heterocycles. The summed E-state index contributed by atoms with van der Waals surface area (Å²) >= 11 is 3.29. The molecule has 0 bridgehead atoms. The second-order valence-electron chi connectivity index (χ2n) is 22.1. The molecular weight excluding hydrogens is 1290 g/mol. The molecule has 9 fully saturated rings. The number of aliphatic hydroxyl groups is 1. The Morgan fingerprint density at radius 3 is 1.26 bits per heavy atom. The molecule has 9 heterocycles. The van der Waals surface area contributed by atoms with Crippen LogP contribution in [0.4, 0.5) is 0 Å². The molecule has 1 aromatic carbocycles. The van der Waals surface area contributed by atoms with E-state index in [4.69, 9.17) is 29.1 Å². The molecule has 1 aromatic rings. The van der Waals surface area contributed by atoms with Crippen molar-refractivity contribution in [2.75, 3.05) is 44.7 Å². The summed E-state index contributed by atoms with van der Waals surface area (Å²) in [5.74, 6) is -0.290. The van der Waals surface area contributed by atoms with Gasteiger partial charge in [0.15, 0.2) is 0 Å². The van der Waals surface area contributed by atoms with Gasteiger partial charge in [0.05, 0.1) is 30.2 Å². The van der Waals surface area contributed by atoms with E-state index in [1.54, 1.807) is 12.1 Å². The zero-order valence-electron chi connectivity index (χ0n) is 51.9. The fourth-order valence-corrected chi connectivity index (χ4v) is 11.8. The van der Waals surface area contributed by atoms with E-state index in [1.807, 2.05) is 13.8 Å². The van der Waals surface area contributed by atoms with Gasteiger partial charge in [-0.3, -0.25) is 47.3 Å². The summed E-state index contributed by atoms with van der Waals surface area (Å²) < 4.78 is 28.6. The molecule has 9 aliphatic heterocycles. The maximum atomic E-state index is 11.8.